The summed E-state index contributed by atoms with van der Waals surface area (Å²) in [5.74, 6) is 1.17. The number of hydrogen-bond acceptors (Lipinski definition) is 4. The van der Waals surface area contributed by atoms with Crippen LogP contribution in [-0.2, 0) is 11.2 Å². The summed E-state index contributed by atoms with van der Waals surface area (Å²) in [7, 11) is 4.11. The molecule has 0 bridgehead atoms. The zero-order valence-corrected chi connectivity index (χ0v) is 14.5. The third kappa shape index (κ3) is 3.33. The molecular formula is C18H24N4O2. The van der Waals surface area contributed by atoms with Gasteiger partial charge in [0, 0.05) is 32.0 Å². The van der Waals surface area contributed by atoms with Crippen molar-refractivity contribution >= 4 is 16.8 Å². The number of aromatic amines is 1. The Balaban J connectivity index is 1.66. The van der Waals surface area contributed by atoms with Gasteiger partial charge in [0.1, 0.15) is 5.82 Å². The number of fused-ring (bicyclic) bond motifs is 1. The maximum absolute atomic E-state index is 12.5. The lowest BCUT2D eigenvalue weighted by Crippen LogP contribution is -2.35. The Kier molecular flexibility index (Phi) is 4.66. The molecule has 3 rings (SSSR count). The molecule has 1 aliphatic rings. The zero-order valence-electron chi connectivity index (χ0n) is 14.5. The van der Waals surface area contributed by atoms with E-state index in [0.29, 0.717) is 41.5 Å². The fourth-order valence-electron chi connectivity index (χ4n) is 3.46. The van der Waals surface area contributed by atoms with E-state index in [9.17, 15) is 9.59 Å². The number of hydrogen-bond donors (Lipinski definition) is 1. The van der Waals surface area contributed by atoms with Gasteiger partial charge in [0.05, 0.1) is 10.9 Å². The lowest BCUT2D eigenvalue weighted by molar-refractivity contribution is -0.130. The summed E-state index contributed by atoms with van der Waals surface area (Å²) in [4.78, 5) is 35.9. The number of nitrogens with one attached hydrogen (secondary N) is 1. The third-order valence-corrected chi connectivity index (χ3v) is 4.83. The first-order valence-corrected chi connectivity index (χ1v) is 8.38. The minimum atomic E-state index is -0.148. The van der Waals surface area contributed by atoms with Crippen molar-refractivity contribution in [1.82, 2.24) is 19.8 Å². The van der Waals surface area contributed by atoms with Gasteiger partial charge in [-0.3, -0.25) is 9.59 Å². The van der Waals surface area contributed by atoms with Crippen molar-refractivity contribution in [3.8, 4) is 0 Å². The van der Waals surface area contributed by atoms with Gasteiger partial charge in [-0.2, -0.15) is 0 Å². The normalized spacial score (nSPS) is 20.9. The van der Waals surface area contributed by atoms with Crippen LogP contribution in [0.5, 0.6) is 0 Å². The molecule has 2 aromatic rings. The summed E-state index contributed by atoms with van der Waals surface area (Å²) in [5, 5.41) is 0.578. The van der Waals surface area contributed by atoms with E-state index < -0.39 is 0 Å². The van der Waals surface area contributed by atoms with Crippen molar-refractivity contribution in [2.45, 2.75) is 25.8 Å². The second-order valence-electron chi connectivity index (χ2n) is 6.84. The number of rotatable bonds is 4. The topological polar surface area (TPSA) is 69.3 Å². The number of aromatic nitrogens is 2. The molecule has 0 unspecified atom stereocenters. The largest absolute Gasteiger partial charge is 0.341 e. The van der Waals surface area contributed by atoms with Crippen LogP contribution < -0.4 is 5.56 Å². The first-order valence-electron chi connectivity index (χ1n) is 8.38. The summed E-state index contributed by atoms with van der Waals surface area (Å²) in [6.07, 6.45) is 0.824. The van der Waals surface area contributed by atoms with E-state index in [1.807, 2.05) is 23.1 Å². The zero-order chi connectivity index (χ0) is 17.3. The highest BCUT2D eigenvalue weighted by molar-refractivity contribution is 5.78. The molecule has 1 aliphatic heterocycles. The van der Waals surface area contributed by atoms with Gasteiger partial charge in [-0.15, -0.1) is 0 Å². The van der Waals surface area contributed by atoms with Gasteiger partial charge in [0.2, 0.25) is 5.91 Å². The predicted molar refractivity (Wildman–Crippen MR) is 93.9 cm³/mol. The van der Waals surface area contributed by atoms with E-state index in [-0.39, 0.29) is 11.5 Å². The van der Waals surface area contributed by atoms with Crippen LogP contribution in [-0.4, -0.2) is 58.9 Å². The van der Waals surface area contributed by atoms with Gasteiger partial charge >= 0.3 is 0 Å². The van der Waals surface area contributed by atoms with Crippen LogP contribution >= 0.6 is 0 Å². The number of carbonyl (C=O) groups excluding carboxylic acids is 1. The summed E-state index contributed by atoms with van der Waals surface area (Å²) in [6, 6.07) is 7.66. The molecule has 1 aromatic carbocycles. The van der Waals surface area contributed by atoms with Crippen LogP contribution in [0.25, 0.3) is 10.9 Å². The Morgan fingerprint density at radius 1 is 1.33 bits per heavy atom. The van der Waals surface area contributed by atoms with Gasteiger partial charge in [-0.25, -0.2) is 4.98 Å². The van der Waals surface area contributed by atoms with E-state index in [2.05, 4.69) is 35.9 Å². The molecule has 0 aliphatic carbocycles. The number of H-pyrrole nitrogens is 1. The summed E-state index contributed by atoms with van der Waals surface area (Å²) in [5.41, 5.74) is 0.525. The molecule has 128 valence electrons. The van der Waals surface area contributed by atoms with Crippen molar-refractivity contribution in [2.75, 3.05) is 27.2 Å². The van der Waals surface area contributed by atoms with Gasteiger partial charge in [-0.1, -0.05) is 19.1 Å². The van der Waals surface area contributed by atoms with Gasteiger partial charge in [0.15, 0.2) is 0 Å². The molecular weight excluding hydrogens is 304 g/mol. The number of nitrogens with zero attached hydrogens (tertiary/aromatic N) is 3. The highest BCUT2D eigenvalue weighted by Crippen LogP contribution is 2.20. The smallest absolute Gasteiger partial charge is 0.258 e. The first-order chi connectivity index (χ1) is 11.5. The Bertz CT molecular complexity index is 799. The van der Waals surface area contributed by atoms with Gasteiger partial charge in [-0.05, 0) is 32.1 Å². The third-order valence-electron chi connectivity index (χ3n) is 4.83. The minimum absolute atomic E-state index is 0.127. The summed E-state index contributed by atoms with van der Waals surface area (Å²) in [6.45, 7) is 3.75. The highest BCUT2D eigenvalue weighted by Gasteiger charge is 2.33. The van der Waals surface area contributed by atoms with Gasteiger partial charge < -0.3 is 14.8 Å². The SMILES string of the molecule is C[C@@H]1CN(C(=O)CCc2nc3ccccc3c(=O)[nH]2)C[C@@H]1N(C)C. The standard InChI is InChI=1S/C18H24N4O2/c1-12-10-22(11-15(12)21(2)3)17(23)9-8-16-19-14-7-5-4-6-13(14)18(24)20-16/h4-7,12,15H,8-11H2,1-3H3,(H,19,20,24)/t12-,15+/m1/s1. The Morgan fingerprint density at radius 2 is 2.08 bits per heavy atom. The van der Waals surface area contributed by atoms with E-state index in [0.717, 1.165) is 13.1 Å². The van der Waals surface area contributed by atoms with E-state index >= 15 is 0 Å². The molecule has 0 radical (unpaired) electrons. The molecule has 1 aromatic heterocycles. The summed E-state index contributed by atoms with van der Waals surface area (Å²) < 4.78 is 0. The Labute approximate surface area is 141 Å². The maximum atomic E-state index is 12.5. The van der Waals surface area contributed by atoms with Crippen LogP contribution in [0, 0.1) is 5.92 Å². The average Bonchev–Trinajstić information content (AvgIpc) is 2.95. The maximum Gasteiger partial charge on any atom is 0.258 e. The number of carbonyl (C=O) groups is 1. The van der Waals surface area contributed by atoms with Crippen molar-refractivity contribution in [1.29, 1.82) is 0 Å². The minimum Gasteiger partial charge on any atom is -0.341 e. The number of likely N-dealkylation sites (N-methyl/N-ethyl adjacent to an activating group) is 1. The number of para-hydroxylation sites is 1. The lowest BCUT2D eigenvalue weighted by atomic mass is 10.1. The van der Waals surface area contributed by atoms with Crippen LogP contribution in [0.3, 0.4) is 0 Å². The van der Waals surface area contributed by atoms with Crippen LogP contribution in [0.4, 0.5) is 0 Å². The molecule has 24 heavy (non-hydrogen) atoms. The number of amides is 1. The monoisotopic (exact) mass is 328 g/mol. The first kappa shape index (κ1) is 16.6. The van der Waals surface area contributed by atoms with E-state index in [1.54, 1.807) is 6.07 Å². The number of likely N-dealkylation sites (tertiary alicyclic amines) is 1. The van der Waals surface area contributed by atoms with Crippen molar-refractivity contribution < 1.29 is 4.79 Å². The highest BCUT2D eigenvalue weighted by atomic mass is 16.2. The molecule has 1 N–H and O–H groups in total. The van der Waals surface area contributed by atoms with E-state index in [4.69, 9.17) is 0 Å². The number of benzene rings is 1. The fraction of sp³-hybridized carbons (Fsp3) is 0.500. The lowest BCUT2D eigenvalue weighted by Gasteiger charge is -2.22. The van der Waals surface area contributed by atoms with Crippen molar-refractivity contribution in [3.05, 3.63) is 40.4 Å². The number of aryl methyl sites for hydroxylation is 1. The second-order valence-corrected chi connectivity index (χ2v) is 6.84. The molecule has 0 saturated carbocycles. The quantitative estimate of drug-likeness (QED) is 0.917. The molecule has 6 heteroatoms. The average molecular weight is 328 g/mol. The van der Waals surface area contributed by atoms with Crippen LogP contribution in [0.1, 0.15) is 19.2 Å². The molecule has 2 atom stereocenters. The molecule has 2 heterocycles. The Morgan fingerprint density at radius 3 is 2.79 bits per heavy atom. The molecule has 1 saturated heterocycles. The molecule has 1 fully saturated rings. The van der Waals surface area contributed by atoms with Crippen molar-refractivity contribution in [3.63, 3.8) is 0 Å². The predicted octanol–water partition coefficient (Wildman–Crippen LogP) is 1.26. The molecule has 0 spiro atoms. The summed E-state index contributed by atoms with van der Waals surface area (Å²) >= 11 is 0. The van der Waals surface area contributed by atoms with Crippen LogP contribution in [0.15, 0.2) is 29.1 Å². The van der Waals surface area contributed by atoms with Crippen molar-refractivity contribution in [2.24, 2.45) is 5.92 Å². The molecule has 6 nitrogen and oxygen atoms in total. The second kappa shape index (κ2) is 6.73. The molecule has 1 amide bonds. The van der Waals surface area contributed by atoms with E-state index in [1.165, 1.54) is 0 Å². The fourth-order valence-corrected chi connectivity index (χ4v) is 3.46. The Hall–Kier alpha value is -2.21. The van der Waals surface area contributed by atoms with Gasteiger partial charge in [0.25, 0.3) is 5.56 Å². The van der Waals surface area contributed by atoms with Crippen LogP contribution in [0.2, 0.25) is 0 Å².